The number of carboxylic acids is 1. The summed E-state index contributed by atoms with van der Waals surface area (Å²) in [4.78, 5) is 25.3. The number of para-hydroxylation sites is 1. The zero-order chi connectivity index (χ0) is 21.5. The van der Waals surface area contributed by atoms with Gasteiger partial charge < -0.3 is 10.2 Å². The molecule has 0 aliphatic carbocycles. The van der Waals surface area contributed by atoms with Gasteiger partial charge in [0.05, 0.1) is 16.9 Å². The number of hydrogen-bond acceptors (Lipinski definition) is 4. The van der Waals surface area contributed by atoms with E-state index in [2.05, 4.69) is 5.10 Å². The zero-order valence-electron chi connectivity index (χ0n) is 16.3. The van der Waals surface area contributed by atoms with Gasteiger partial charge in [-0.25, -0.2) is 9.48 Å². The molecule has 0 bridgehead atoms. The topological polar surface area (TPSA) is 92.4 Å². The van der Waals surface area contributed by atoms with Crippen LogP contribution in [0.25, 0.3) is 16.9 Å². The van der Waals surface area contributed by atoms with Crippen LogP contribution in [-0.2, 0) is 0 Å². The molecule has 2 N–H and O–H groups in total. The second-order valence-electron chi connectivity index (χ2n) is 6.19. The Morgan fingerprint density at radius 1 is 0.767 bits per heavy atom. The number of carboxylic acid groups (broad SMARTS) is 1. The summed E-state index contributed by atoms with van der Waals surface area (Å²) in [7, 11) is 1.00. The molecule has 150 valence electrons. The molecule has 0 saturated carbocycles. The highest BCUT2D eigenvalue weighted by Crippen LogP contribution is 2.31. The molecule has 3 aromatic carbocycles. The summed E-state index contributed by atoms with van der Waals surface area (Å²) in [6, 6.07) is 27.0. The van der Waals surface area contributed by atoms with Gasteiger partial charge in [-0.05, 0) is 12.1 Å². The number of aromatic carboxylic acids is 1. The second kappa shape index (κ2) is 9.45. The van der Waals surface area contributed by atoms with Crippen LogP contribution in [0.1, 0.15) is 26.4 Å². The molecule has 0 unspecified atom stereocenters. The van der Waals surface area contributed by atoms with E-state index in [1.54, 1.807) is 30.3 Å². The molecular formula is C24H20N2O4. The van der Waals surface area contributed by atoms with Crippen molar-refractivity contribution in [1.82, 2.24) is 9.78 Å². The van der Waals surface area contributed by atoms with Crippen LogP contribution in [0.2, 0.25) is 0 Å². The summed E-state index contributed by atoms with van der Waals surface area (Å²) < 4.78 is 1.52. The third kappa shape index (κ3) is 4.04. The lowest BCUT2D eigenvalue weighted by Crippen LogP contribution is -2.09. The minimum Gasteiger partial charge on any atom is -0.476 e. The molecule has 0 amide bonds. The number of hydrogen-bond donors (Lipinski definition) is 2. The largest absolute Gasteiger partial charge is 0.476 e. The maximum atomic E-state index is 13.3. The van der Waals surface area contributed by atoms with Crippen molar-refractivity contribution in [3.8, 4) is 16.9 Å². The number of aromatic nitrogens is 2. The van der Waals surface area contributed by atoms with E-state index in [-0.39, 0.29) is 17.0 Å². The number of ketones is 1. The normalized spacial score (nSPS) is 10.1. The molecule has 0 spiro atoms. The fourth-order valence-corrected chi connectivity index (χ4v) is 3.14. The molecule has 0 atom stereocenters. The SMILES string of the molecule is CO.O=C(O)c1nn(-c2ccccc2)c(-c2ccccc2)c1C(=O)c1ccccc1. The highest BCUT2D eigenvalue weighted by molar-refractivity contribution is 6.17. The molecule has 0 aliphatic rings. The first kappa shape index (κ1) is 20.7. The van der Waals surface area contributed by atoms with Crippen molar-refractivity contribution in [3.05, 3.63) is 108 Å². The van der Waals surface area contributed by atoms with Crippen molar-refractivity contribution in [1.29, 1.82) is 0 Å². The number of nitrogens with zero attached hydrogens (tertiary/aromatic N) is 2. The molecule has 1 heterocycles. The number of aliphatic hydroxyl groups excluding tert-OH is 1. The van der Waals surface area contributed by atoms with Crippen molar-refractivity contribution in [3.63, 3.8) is 0 Å². The van der Waals surface area contributed by atoms with Crippen molar-refractivity contribution in [2.45, 2.75) is 0 Å². The van der Waals surface area contributed by atoms with Crippen molar-refractivity contribution < 1.29 is 19.8 Å². The van der Waals surface area contributed by atoms with Gasteiger partial charge in [-0.2, -0.15) is 5.10 Å². The lowest BCUT2D eigenvalue weighted by molar-refractivity contribution is 0.0686. The average Bonchev–Trinajstić information content (AvgIpc) is 3.23. The summed E-state index contributed by atoms with van der Waals surface area (Å²) in [5.41, 5.74) is 2.07. The van der Waals surface area contributed by atoms with Crippen molar-refractivity contribution >= 4 is 11.8 Å². The fraction of sp³-hybridized carbons (Fsp3) is 0.0417. The number of carbonyl (C=O) groups excluding carboxylic acids is 1. The molecule has 4 aromatic rings. The van der Waals surface area contributed by atoms with Gasteiger partial charge in [0.2, 0.25) is 0 Å². The summed E-state index contributed by atoms with van der Waals surface area (Å²) in [5.74, 6) is -1.62. The van der Waals surface area contributed by atoms with Crippen LogP contribution in [0.4, 0.5) is 0 Å². The molecule has 4 rings (SSSR count). The van der Waals surface area contributed by atoms with Crippen molar-refractivity contribution in [2.24, 2.45) is 0 Å². The Kier molecular flexibility index (Phi) is 6.52. The Morgan fingerprint density at radius 2 is 1.27 bits per heavy atom. The van der Waals surface area contributed by atoms with Crippen LogP contribution in [0.5, 0.6) is 0 Å². The average molecular weight is 400 g/mol. The van der Waals surface area contributed by atoms with E-state index in [1.165, 1.54) is 4.68 Å². The lowest BCUT2D eigenvalue weighted by atomic mass is 9.97. The van der Waals surface area contributed by atoms with E-state index in [1.807, 2.05) is 60.7 Å². The Hall–Kier alpha value is -4.03. The Morgan fingerprint density at radius 3 is 1.80 bits per heavy atom. The number of aliphatic hydroxyl groups is 1. The standard InChI is InChI=1S/C23H16N2O3.CH4O/c26-22(17-12-6-2-7-13-17)19-20(23(27)28)24-25(18-14-8-3-9-15-18)21(19)16-10-4-1-5-11-16;1-2/h1-15H,(H,27,28);2H,1H3. The predicted molar refractivity (Wildman–Crippen MR) is 114 cm³/mol. The molecular weight excluding hydrogens is 380 g/mol. The highest BCUT2D eigenvalue weighted by atomic mass is 16.4. The number of rotatable bonds is 5. The molecule has 0 aliphatic heterocycles. The first-order chi connectivity index (χ1) is 14.7. The monoisotopic (exact) mass is 400 g/mol. The summed E-state index contributed by atoms with van der Waals surface area (Å²) in [6.45, 7) is 0. The van der Waals surface area contributed by atoms with E-state index in [4.69, 9.17) is 5.11 Å². The Bertz CT molecular complexity index is 1140. The van der Waals surface area contributed by atoms with Crippen LogP contribution < -0.4 is 0 Å². The predicted octanol–water partition coefficient (Wildman–Crippen LogP) is 4.08. The summed E-state index contributed by atoms with van der Waals surface area (Å²) in [6.07, 6.45) is 0. The summed E-state index contributed by atoms with van der Waals surface area (Å²) in [5, 5.41) is 21.1. The van der Waals surface area contributed by atoms with Crippen LogP contribution in [0, 0.1) is 0 Å². The zero-order valence-corrected chi connectivity index (χ0v) is 16.3. The van der Waals surface area contributed by atoms with Crippen LogP contribution in [0.3, 0.4) is 0 Å². The van der Waals surface area contributed by atoms with E-state index < -0.39 is 5.97 Å². The van der Waals surface area contributed by atoms with Gasteiger partial charge in [0.1, 0.15) is 0 Å². The van der Waals surface area contributed by atoms with E-state index in [9.17, 15) is 14.7 Å². The van der Waals surface area contributed by atoms with Crippen LogP contribution in [0.15, 0.2) is 91.0 Å². The molecule has 6 heteroatoms. The summed E-state index contributed by atoms with van der Waals surface area (Å²) >= 11 is 0. The molecule has 0 fully saturated rings. The maximum absolute atomic E-state index is 13.3. The van der Waals surface area contributed by atoms with Gasteiger partial charge in [0.15, 0.2) is 11.5 Å². The third-order valence-corrected chi connectivity index (χ3v) is 4.40. The van der Waals surface area contributed by atoms with Crippen LogP contribution in [-0.4, -0.2) is 38.9 Å². The molecule has 0 saturated heterocycles. The maximum Gasteiger partial charge on any atom is 0.357 e. The Labute approximate surface area is 173 Å². The number of carbonyl (C=O) groups is 2. The smallest absolute Gasteiger partial charge is 0.357 e. The quantitative estimate of drug-likeness (QED) is 0.493. The fourth-order valence-electron chi connectivity index (χ4n) is 3.14. The van der Waals surface area contributed by atoms with E-state index in [0.29, 0.717) is 22.5 Å². The van der Waals surface area contributed by atoms with E-state index >= 15 is 0 Å². The van der Waals surface area contributed by atoms with E-state index in [0.717, 1.165) is 7.11 Å². The highest BCUT2D eigenvalue weighted by Gasteiger charge is 2.29. The Balaban J connectivity index is 0.00000124. The molecule has 6 nitrogen and oxygen atoms in total. The first-order valence-corrected chi connectivity index (χ1v) is 9.18. The van der Waals surface area contributed by atoms with Crippen molar-refractivity contribution in [2.75, 3.05) is 7.11 Å². The number of benzene rings is 3. The van der Waals surface area contributed by atoms with Gasteiger partial charge in [0, 0.05) is 18.2 Å². The van der Waals surface area contributed by atoms with Gasteiger partial charge >= 0.3 is 5.97 Å². The van der Waals surface area contributed by atoms with Gasteiger partial charge in [-0.1, -0.05) is 78.9 Å². The second-order valence-corrected chi connectivity index (χ2v) is 6.19. The van der Waals surface area contributed by atoms with Gasteiger partial charge in [-0.3, -0.25) is 4.79 Å². The first-order valence-electron chi connectivity index (χ1n) is 9.18. The van der Waals surface area contributed by atoms with Crippen LogP contribution >= 0.6 is 0 Å². The molecule has 30 heavy (non-hydrogen) atoms. The minimum atomic E-state index is -1.24. The molecule has 0 radical (unpaired) electrons. The lowest BCUT2D eigenvalue weighted by Gasteiger charge is -2.10. The minimum absolute atomic E-state index is 0.0775. The van der Waals surface area contributed by atoms with Gasteiger partial charge in [-0.15, -0.1) is 0 Å². The van der Waals surface area contributed by atoms with Gasteiger partial charge in [0.25, 0.3) is 0 Å². The third-order valence-electron chi connectivity index (χ3n) is 4.40. The molecule has 1 aromatic heterocycles.